The summed E-state index contributed by atoms with van der Waals surface area (Å²) in [5, 5.41) is 3.69. The van der Waals surface area contributed by atoms with Crippen molar-refractivity contribution in [3.63, 3.8) is 0 Å². The lowest BCUT2D eigenvalue weighted by molar-refractivity contribution is -0.119. The SMILES string of the molecule is CN(C)S(=O)(=O)N(CC(=O)NCCSCc1ccc(Cl)c(Cl)c1)c1ccc(F)cc1. The van der Waals surface area contributed by atoms with Crippen LogP contribution in [0.5, 0.6) is 0 Å². The number of carbonyl (C=O) groups is 1. The second kappa shape index (κ2) is 11.2. The van der Waals surface area contributed by atoms with Gasteiger partial charge in [0.05, 0.1) is 15.7 Å². The smallest absolute Gasteiger partial charge is 0.304 e. The summed E-state index contributed by atoms with van der Waals surface area (Å²) in [5.74, 6) is 0.371. The van der Waals surface area contributed by atoms with E-state index in [2.05, 4.69) is 5.32 Å². The number of nitrogens with zero attached hydrogens (tertiary/aromatic N) is 2. The van der Waals surface area contributed by atoms with Crippen molar-refractivity contribution in [1.82, 2.24) is 9.62 Å². The summed E-state index contributed by atoms with van der Waals surface area (Å²) in [6.45, 7) is -0.0479. The molecule has 0 saturated heterocycles. The monoisotopic (exact) mass is 493 g/mol. The molecule has 1 amide bonds. The Bertz CT molecular complexity index is 973. The molecule has 0 radical (unpaired) electrons. The van der Waals surface area contributed by atoms with E-state index in [1.165, 1.54) is 26.2 Å². The number of amides is 1. The molecule has 0 atom stereocenters. The number of anilines is 1. The van der Waals surface area contributed by atoms with Gasteiger partial charge in [0.15, 0.2) is 0 Å². The maximum atomic E-state index is 13.2. The zero-order chi connectivity index (χ0) is 22.3. The number of hydrogen-bond donors (Lipinski definition) is 1. The molecule has 0 aliphatic rings. The maximum absolute atomic E-state index is 13.2. The fourth-order valence-electron chi connectivity index (χ4n) is 2.38. The average Bonchev–Trinajstić information content (AvgIpc) is 2.69. The molecule has 2 rings (SSSR count). The number of benzene rings is 2. The lowest BCUT2D eigenvalue weighted by Crippen LogP contribution is -2.46. The van der Waals surface area contributed by atoms with Crippen LogP contribution in [0.25, 0.3) is 0 Å². The van der Waals surface area contributed by atoms with E-state index < -0.39 is 28.5 Å². The summed E-state index contributed by atoms with van der Waals surface area (Å²) in [5.41, 5.74) is 1.22. The van der Waals surface area contributed by atoms with Crippen molar-refractivity contribution >= 4 is 56.8 Å². The van der Waals surface area contributed by atoms with E-state index in [4.69, 9.17) is 23.2 Å². The molecule has 1 N–H and O–H groups in total. The topological polar surface area (TPSA) is 69.7 Å². The first-order chi connectivity index (χ1) is 14.1. The van der Waals surface area contributed by atoms with Crippen molar-refractivity contribution in [3.8, 4) is 0 Å². The van der Waals surface area contributed by atoms with E-state index in [9.17, 15) is 17.6 Å². The number of hydrogen-bond acceptors (Lipinski definition) is 4. The molecular formula is C19H22Cl2FN3O3S2. The van der Waals surface area contributed by atoms with E-state index in [0.29, 0.717) is 28.1 Å². The third kappa shape index (κ3) is 7.02. The number of nitrogens with one attached hydrogen (secondary N) is 1. The third-order valence-corrected chi connectivity index (χ3v) is 7.55. The van der Waals surface area contributed by atoms with E-state index in [1.54, 1.807) is 23.9 Å². The van der Waals surface area contributed by atoms with Crippen molar-refractivity contribution < 1.29 is 17.6 Å². The van der Waals surface area contributed by atoms with Gasteiger partial charge in [-0.1, -0.05) is 29.3 Å². The molecule has 2 aromatic rings. The molecule has 0 fully saturated rings. The molecule has 0 unspecified atom stereocenters. The van der Waals surface area contributed by atoms with Crippen molar-refractivity contribution in [3.05, 3.63) is 63.9 Å². The van der Waals surface area contributed by atoms with Gasteiger partial charge >= 0.3 is 10.2 Å². The van der Waals surface area contributed by atoms with Gasteiger partial charge in [-0.05, 0) is 42.0 Å². The van der Waals surface area contributed by atoms with Crippen LogP contribution in [0.3, 0.4) is 0 Å². The fraction of sp³-hybridized carbons (Fsp3) is 0.316. The minimum absolute atomic E-state index is 0.203. The van der Waals surface area contributed by atoms with Crippen LogP contribution < -0.4 is 9.62 Å². The largest absolute Gasteiger partial charge is 0.354 e. The van der Waals surface area contributed by atoms with Crippen LogP contribution >= 0.6 is 35.0 Å². The van der Waals surface area contributed by atoms with Gasteiger partial charge in [0.2, 0.25) is 5.91 Å². The van der Waals surface area contributed by atoms with Gasteiger partial charge in [-0.15, -0.1) is 0 Å². The molecular weight excluding hydrogens is 472 g/mol. The van der Waals surface area contributed by atoms with Crippen LogP contribution in [-0.4, -0.2) is 51.6 Å². The number of rotatable bonds is 10. The fourth-order valence-corrected chi connectivity index (χ4v) is 4.57. The standard InChI is InChI=1S/C19H22Cl2FN3O3S2/c1-24(2)30(27,28)25(16-6-4-15(22)5-7-16)12-19(26)23-9-10-29-13-14-3-8-17(20)18(21)11-14/h3-8,11H,9-10,12-13H2,1-2H3,(H,23,26). The molecule has 0 heterocycles. The Labute approximate surface area is 190 Å². The van der Waals surface area contributed by atoms with Gasteiger partial charge in [-0.2, -0.15) is 24.5 Å². The molecule has 0 aliphatic heterocycles. The van der Waals surface area contributed by atoms with Gasteiger partial charge in [0, 0.05) is 32.1 Å². The van der Waals surface area contributed by atoms with Crippen LogP contribution in [0, 0.1) is 5.82 Å². The molecule has 0 saturated carbocycles. The second-order valence-corrected chi connectivity index (χ2v) is 10.4. The molecule has 30 heavy (non-hydrogen) atoms. The van der Waals surface area contributed by atoms with E-state index in [0.717, 1.165) is 26.3 Å². The minimum Gasteiger partial charge on any atom is -0.354 e. The number of halogens is 3. The third-order valence-electron chi connectivity index (χ3n) is 3.96. The first kappa shape index (κ1) is 24.7. The Morgan fingerprint density at radius 2 is 1.77 bits per heavy atom. The highest BCUT2D eigenvalue weighted by atomic mass is 35.5. The van der Waals surface area contributed by atoms with E-state index >= 15 is 0 Å². The van der Waals surface area contributed by atoms with E-state index in [1.807, 2.05) is 6.07 Å². The first-order valence-corrected chi connectivity index (χ1v) is 12.2. The van der Waals surface area contributed by atoms with Gasteiger partial charge in [-0.3, -0.25) is 4.79 Å². The highest BCUT2D eigenvalue weighted by Gasteiger charge is 2.27. The average molecular weight is 494 g/mol. The van der Waals surface area contributed by atoms with E-state index in [-0.39, 0.29) is 5.69 Å². The Hall–Kier alpha value is -1.52. The molecule has 164 valence electrons. The van der Waals surface area contributed by atoms with Crippen molar-refractivity contribution in [1.29, 1.82) is 0 Å². The summed E-state index contributed by atoms with van der Waals surface area (Å²) >= 11 is 13.5. The summed E-state index contributed by atoms with van der Waals surface area (Å²) in [6, 6.07) is 10.3. The highest BCUT2D eigenvalue weighted by Crippen LogP contribution is 2.24. The zero-order valence-corrected chi connectivity index (χ0v) is 19.6. The Morgan fingerprint density at radius 1 is 1.10 bits per heavy atom. The molecule has 0 bridgehead atoms. The van der Waals surface area contributed by atoms with Crippen LogP contribution in [0.15, 0.2) is 42.5 Å². The predicted octanol–water partition coefficient (Wildman–Crippen LogP) is 3.79. The lowest BCUT2D eigenvalue weighted by Gasteiger charge is -2.26. The number of thioether (sulfide) groups is 1. The van der Waals surface area contributed by atoms with Crippen LogP contribution in [0.1, 0.15) is 5.56 Å². The molecule has 0 aromatic heterocycles. The van der Waals surface area contributed by atoms with Gasteiger partial charge in [-0.25, -0.2) is 8.70 Å². The number of carbonyl (C=O) groups excluding carboxylic acids is 1. The van der Waals surface area contributed by atoms with Gasteiger partial charge < -0.3 is 5.32 Å². The maximum Gasteiger partial charge on any atom is 0.304 e. The molecule has 6 nitrogen and oxygen atoms in total. The second-order valence-electron chi connectivity index (χ2n) is 6.42. The summed E-state index contributed by atoms with van der Waals surface area (Å²) < 4.78 is 40.3. The highest BCUT2D eigenvalue weighted by molar-refractivity contribution is 7.98. The zero-order valence-electron chi connectivity index (χ0n) is 16.4. The Morgan fingerprint density at radius 3 is 2.37 bits per heavy atom. The first-order valence-electron chi connectivity index (χ1n) is 8.85. The summed E-state index contributed by atoms with van der Waals surface area (Å²) in [4.78, 5) is 12.3. The Kier molecular flexibility index (Phi) is 9.24. The van der Waals surface area contributed by atoms with Crippen LogP contribution in [0.2, 0.25) is 10.0 Å². The lowest BCUT2D eigenvalue weighted by atomic mass is 10.2. The normalized spacial score (nSPS) is 11.5. The molecule has 0 aliphatic carbocycles. The Balaban J connectivity index is 1.89. The molecule has 0 spiro atoms. The van der Waals surface area contributed by atoms with Gasteiger partial charge in [0.1, 0.15) is 12.4 Å². The predicted molar refractivity (Wildman–Crippen MR) is 122 cm³/mol. The molecule has 11 heteroatoms. The van der Waals surface area contributed by atoms with Crippen molar-refractivity contribution in [2.45, 2.75) is 5.75 Å². The molecule has 2 aromatic carbocycles. The van der Waals surface area contributed by atoms with Crippen molar-refractivity contribution in [2.24, 2.45) is 0 Å². The summed E-state index contributed by atoms with van der Waals surface area (Å²) in [6.07, 6.45) is 0. The quantitative estimate of drug-likeness (QED) is 0.511. The summed E-state index contributed by atoms with van der Waals surface area (Å²) in [7, 11) is -1.19. The van der Waals surface area contributed by atoms with Crippen LogP contribution in [0.4, 0.5) is 10.1 Å². The minimum atomic E-state index is -3.92. The van der Waals surface area contributed by atoms with Crippen molar-refractivity contribution in [2.75, 3.05) is 37.2 Å². The van der Waals surface area contributed by atoms with Crippen LogP contribution in [-0.2, 0) is 20.8 Å². The van der Waals surface area contributed by atoms with Gasteiger partial charge in [0.25, 0.3) is 0 Å².